The van der Waals surface area contributed by atoms with Crippen LogP contribution in [0.15, 0.2) is 0 Å². The van der Waals surface area contributed by atoms with Crippen LogP contribution < -0.4 is 0 Å². The second kappa shape index (κ2) is 9.48. The molecule has 0 spiro atoms. The summed E-state index contributed by atoms with van der Waals surface area (Å²) in [6.07, 6.45) is 2.33. The fourth-order valence-corrected chi connectivity index (χ4v) is 0.770. The van der Waals surface area contributed by atoms with E-state index >= 15 is 0 Å². The Morgan fingerprint density at radius 2 is 1.15 bits per heavy atom. The molecule has 0 aromatic heterocycles. The van der Waals surface area contributed by atoms with Gasteiger partial charge >= 0.3 is 47.3 Å². The van der Waals surface area contributed by atoms with E-state index < -0.39 is 0 Å². The zero-order chi connectivity index (χ0) is 11.0. The third kappa shape index (κ3) is 19.4. The van der Waals surface area contributed by atoms with E-state index in [1.165, 1.54) is 0 Å². The number of hydrogen-bond acceptors (Lipinski definition) is 0. The van der Waals surface area contributed by atoms with Crippen molar-refractivity contribution in [1.29, 1.82) is 0 Å². The van der Waals surface area contributed by atoms with Crippen molar-refractivity contribution in [2.24, 2.45) is 11.8 Å². The zero-order valence-electron chi connectivity index (χ0n) is 10.8. The Morgan fingerprint density at radius 1 is 0.923 bits per heavy atom. The molecule has 0 heterocycles. The normalized spacial score (nSPS) is 10.4. The first-order valence-corrected chi connectivity index (χ1v) is 14.1. The van der Waals surface area contributed by atoms with Gasteiger partial charge in [0.2, 0.25) is 0 Å². The van der Waals surface area contributed by atoms with Crippen LogP contribution >= 0.6 is 0 Å². The molecular weight excluding hydrogens is 208 g/mol. The summed E-state index contributed by atoms with van der Waals surface area (Å²) < 4.78 is 0. The summed E-state index contributed by atoms with van der Waals surface area (Å²) in [4.78, 5) is 0. The third-order valence-corrected chi connectivity index (χ3v) is 15.1. The summed E-state index contributed by atoms with van der Waals surface area (Å²) in [6.45, 7) is 13.7. The van der Waals surface area contributed by atoms with Gasteiger partial charge in [0.25, 0.3) is 0 Å². The molecular formula is C11H28SiTi. The van der Waals surface area contributed by atoms with Crippen LogP contribution in [0.1, 0.15) is 27.7 Å². The van der Waals surface area contributed by atoms with Gasteiger partial charge in [0.15, 0.2) is 0 Å². The van der Waals surface area contributed by atoms with E-state index in [-0.39, 0.29) is 23.8 Å². The van der Waals surface area contributed by atoms with E-state index in [1.54, 1.807) is 0 Å². The Morgan fingerprint density at radius 3 is 1.15 bits per heavy atom. The van der Waals surface area contributed by atoms with Crippen LogP contribution in [0.4, 0.5) is 0 Å². The molecule has 0 saturated carbocycles. The van der Waals surface area contributed by atoms with Gasteiger partial charge in [-0.15, -0.1) is 0 Å². The summed E-state index contributed by atoms with van der Waals surface area (Å²) in [5.41, 5.74) is 0. The molecule has 0 nitrogen and oxygen atoms in total. The second-order valence-electron chi connectivity index (χ2n) is 4.91. The van der Waals surface area contributed by atoms with Crippen molar-refractivity contribution in [3.63, 3.8) is 0 Å². The molecule has 0 aliphatic heterocycles. The zero-order valence-corrected chi connectivity index (χ0v) is 13.5. The Bertz CT molecular complexity index is 86.3. The molecule has 0 aromatic carbocycles. The van der Waals surface area contributed by atoms with Gasteiger partial charge in [0.05, 0.1) is 0 Å². The molecule has 0 aliphatic rings. The van der Waals surface area contributed by atoms with Crippen LogP contribution in [-0.4, -0.2) is 6.66 Å². The molecule has 0 amide bonds. The van der Waals surface area contributed by atoms with E-state index in [9.17, 15) is 0 Å². The van der Waals surface area contributed by atoms with Crippen LogP contribution in [0.5, 0.6) is 0 Å². The summed E-state index contributed by atoms with van der Waals surface area (Å²) in [5, 5.41) is 4.94. The maximum atomic E-state index is 2.47. The van der Waals surface area contributed by atoms with Crippen LogP contribution in [-0.2, 0) is 17.1 Å². The molecule has 0 aliphatic carbocycles. The van der Waals surface area contributed by atoms with Gasteiger partial charge in [-0.1, -0.05) is 27.7 Å². The molecule has 0 atom stereocenters. The fourth-order valence-electron chi connectivity index (χ4n) is 0.770. The number of hydrogen-bond donors (Lipinski definition) is 0. The molecule has 0 aromatic rings. The fraction of sp³-hybridized carbons (Fsp3) is 0.909. The average Bonchev–Trinajstić information content (AvgIpc) is 1.84. The Hall–Kier alpha value is 0.931. The van der Waals surface area contributed by atoms with Crippen molar-refractivity contribution >= 4 is 6.66 Å². The van der Waals surface area contributed by atoms with Gasteiger partial charge < -0.3 is 0 Å². The van der Waals surface area contributed by atoms with Gasteiger partial charge in [-0.05, 0) is 18.3 Å². The molecule has 0 rings (SSSR count). The van der Waals surface area contributed by atoms with Gasteiger partial charge in [-0.2, -0.15) is 0 Å². The van der Waals surface area contributed by atoms with Crippen molar-refractivity contribution in [2.75, 3.05) is 0 Å². The summed E-state index contributed by atoms with van der Waals surface area (Å²) in [6, 6.07) is 0. The Kier molecular flexibility index (Phi) is 11.9. The predicted molar refractivity (Wildman–Crippen MR) is 64.6 cm³/mol. The van der Waals surface area contributed by atoms with E-state index in [0.29, 0.717) is 0 Å². The SMILES string of the molecule is CC(C)[CH]C(C)C.C[SiH](C)[Ti]([CH3])[CH3]. The average molecular weight is 236 g/mol. The van der Waals surface area contributed by atoms with Crippen LogP contribution in [0.2, 0.25) is 23.6 Å². The van der Waals surface area contributed by atoms with Crippen LogP contribution in [0, 0.1) is 18.3 Å². The topological polar surface area (TPSA) is 0 Å². The van der Waals surface area contributed by atoms with Crippen molar-refractivity contribution < 1.29 is 17.1 Å². The summed E-state index contributed by atoms with van der Waals surface area (Å²) in [7, 11) is 0. The second-order valence-corrected chi connectivity index (χ2v) is 20.8. The van der Waals surface area contributed by atoms with Crippen molar-refractivity contribution in [3.8, 4) is 0 Å². The molecule has 0 fully saturated rings. The summed E-state index contributed by atoms with van der Waals surface area (Å²) >= 11 is -0.324. The van der Waals surface area contributed by atoms with Gasteiger partial charge in [-0.25, -0.2) is 0 Å². The van der Waals surface area contributed by atoms with Gasteiger partial charge in [0, 0.05) is 0 Å². The first kappa shape index (κ1) is 16.4. The van der Waals surface area contributed by atoms with Crippen molar-refractivity contribution in [1.82, 2.24) is 0 Å². The molecule has 0 N–H and O–H groups in total. The van der Waals surface area contributed by atoms with Crippen LogP contribution in [0.3, 0.4) is 0 Å². The van der Waals surface area contributed by atoms with Crippen molar-refractivity contribution in [3.05, 3.63) is 6.42 Å². The first-order valence-electron chi connectivity index (χ1n) is 5.42. The predicted octanol–water partition coefficient (Wildman–Crippen LogP) is 4.19. The Labute approximate surface area is 93.1 Å². The van der Waals surface area contributed by atoms with Gasteiger partial charge in [-0.3, -0.25) is 0 Å². The monoisotopic (exact) mass is 236 g/mol. The van der Waals surface area contributed by atoms with Crippen LogP contribution in [0.25, 0.3) is 0 Å². The molecule has 13 heavy (non-hydrogen) atoms. The minimum atomic E-state index is -0.324. The minimum absolute atomic E-state index is 0.0772. The molecule has 1 radical (unpaired) electrons. The van der Waals surface area contributed by atoms with E-state index in [0.717, 1.165) is 11.8 Å². The molecule has 0 bridgehead atoms. The number of rotatable bonds is 3. The Balaban J connectivity index is 0. The maximum absolute atomic E-state index is 2.47. The molecule has 80 valence electrons. The van der Waals surface area contributed by atoms with E-state index in [2.05, 4.69) is 57.7 Å². The standard InChI is InChI=1S/C7H15.C2H7Si.2CH3.Ti/c1-6(2)5-7(3)4;1-3-2;;;/h5-7H,1-4H3;3H,1-2H3;2*1H3;. The summed E-state index contributed by atoms with van der Waals surface area (Å²) in [5.74, 6) is 1.50. The first-order chi connectivity index (χ1) is 5.77. The van der Waals surface area contributed by atoms with Crippen molar-refractivity contribution in [2.45, 2.75) is 51.2 Å². The van der Waals surface area contributed by atoms with Gasteiger partial charge in [0.1, 0.15) is 0 Å². The molecule has 0 unspecified atom stereocenters. The molecule has 2 heteroatoms. The van der Waals surface area contributed by atoms with E-state index in [4.69, 9.17) is 0 Å². The molecule has 0 saturated heterocycles. The van der Waals surface area contributed by atoms with E-state index in [1.807, 2.05) is 0 Å². The quantitative estimate of drug-likeness (QED) is 0.645. The third-order valence-electron chi connectivity index (χ3n) is 1.92.